The number of carbonyl (C=O) groups excluding carboxylic acids is 1. The molecule has 2 rings (SSSR count). The molecule has 0 bridgehead atoms. The van der Waals surface area contributed by atoms with Crippen LogP contribution in [0.15, 0.2) is 42.5 Å². The molecule has 0 aliphatic heterocycles. The number of benzene rings is 2. The van der Waals surface area contributed by atoms with Crippen molar-refractivity contribution < 1.29 is 18.3 Å². The topological polar surface area (TPSA) is 38.3 Å². The largest absolute Gasteiger partial charge is 0.481 e. The molecule has 0 saturated heterocycles. The maximum Gasteiger partial charge on any atom is 0.265 e. The molecule has 0 saturated carbocycles. The van der Waals surface area contributed by atoms with Gasteiger partial charge in [-0.1, -0.05) is 19.1 Å². The van der Waals surface area contributed by atoms with Crippen LogP contribution in [-0.4, -0.2) is 12.0 Å². The molecule has 0 spiro atoms. The molecule has 0 heterocycles. The predicted molar refractivity (Wildman–Crippen MR) is 80.9 cm³/mol. The van der Waals surface area contributed by atoms with E-state index in [-0.39, 0.29) is 5.69 Å². The zero-order valence-electron chi connectivity index (χ0n) is 12.4. The minimum absolute atomic E-state index is 0.190. The Morgan fingerprint density at radius 3 is 2.59 bits per heavy atom. The number of ether oxygens (including phenoxy) is 1. The highest BCUT2D eigenvalue weighted by molar-refractivity contribution is 5.94. The highest BCUT2D eigenvalue weighted by Gasteiger charge is 2.19. The average Bonchev–Trinajstić information content (AvgIpc) is 2.48. The van der Waals surface area contributed by atoms with Gasteiger partial charge >= 0.3 is 0 Å². The molecular formula is C17H17F2NO2. The van der Waals surface area contributed by atoms with Gasteiger partial charge in [-0.3, -0.25) is 4.79 Å². The second-order valence-electron chi connectivity index (χ2n) is 4.95. The van der Waals surface area contributed by atoms with Crippen molar-refractivity contribution in [2.45, 2.75) is 26.4 Å². The first-order valence-electron chi connectivity index (χ1n) is 6.99. The second kappa shape index (κ2) is 7.02. The van der Waals surface area contributed by atoms with Gasteiger partial charge in [0.25, 0.3) is 5.91 Å². The Morgan fingerprint density at radius 2 is 1.95 bits per heavy atom. The van der Waals surface area contributed by atoms with Gasteiger partial charge in [-0.05, 0) is 43.2 Å². The summed E-state index contributed by atoms with van der Waals surface area (Å²) >= 11 is 0. The highest BCUT2D eigenvalue weighted by atomic mass is 19.2. The van der Waals surface area contributed by atoms with Crippen molar-refractivity contribution in [3.05, 3.63) is 59.7 Å². The van der Waals surface area contributed by atoms with Gasteiger partial charge in [-0.2, -0.15) is 0 Å². The number of nitrogens with one attached hydrogen (secondary N) is 1. The van der Waals surface area contributed by atoms with Crippen molar-refractivity contribution in [1.29, 1.82) is 0 Å². The van der Waals surface area contributed by atoms with Gasteiger partial charge in [0.1, 0.15) is 5.75 Å². The van der Waals surface area contributed by atoms with Gasteiger partial charge in [0, 0.05) is 11.8 Å². The fourth-order valence-corrected chi connectivity index (χ4v) is 1.97. The quantitative estimate of drug-likeness (QED) is 0.904. The van der Waals surface area contributed by atoms with Crippen molar-refractivity contribution in [3.63, 3.8) is 0 Å². The van der Waals surface area contributed by atoms with E-state index < -0.39 is 23.6 Å². The summed E-state index contributed by atoms with van der Waals surface area (Å²) in [5.41, 5.74) is 1.21. The fraction of sp³-hybridized carbons (Fsp3) is 0.235. The Balaban J connectivity index is 2.06. The summed E-state index contributed by atoms with van der Waals surface area (Å²) in [5, 5.41) is 2.53. The molecule has 2 aromatic carbocycles. The SMILES string of the molecule is CCC(Oc1cccc(C)c1)C(=O)Nc1ccc(F)c(F)c1. The standard InChI is InChI=1S/C17H17F2NO2/c1-3-16(22-13-6-4-5-11(2)9-13)17(21)20-12-7-8-14(18)15(19)10-12/h4-10,16H,3H2,1-2H3,(H,20,21). The van der Waals surface area contributed by atoms with Crippen LogP contribution >= 0.6 is 0 Å². The first kappa shape index (κ1) is 15.9. The number of anilines is 1. The number of amides is 1. The molecule has 5 heteroatoms. The highest BCUT2D eigenvalue weighted by Crippen LogP contribution is 2.17. The van der Waals surface area contributed by atoms with E-state index in [9.17, 15) is 13.6 Å². The monoisotopic (exact) mass is 305 g/mol. The number of rotatable bonds is 5. The molecule has 1 amide bonds. The molecule has 1 atom stereocenters. The third-order valence-electron chi connectivity index (χ3n) is 3.12. The summed E-state index contributed by atoms with van der Waals surface area (Å²) < 4.78 is 31.7. The van der Waals surface area contributed by atoms with E-state index in [4.69, 9.17) is 4.74 Å². The lowest BCUT2D eigenvalue weighted by Crippen LogP contribution is -2.32. The zero-order chi connectivity index (χ0) is 16.1. The van der Waals surface area contributed by atoms with E-state index >= 15 is 0 Å². The van der Waals surface area contributed by atoms with E-state index in [0.717, 1.165) is 17.7 Å². The molecule has 1 unspecified atom stereocenters. The molecule has 0 aromatic heterocycles. The Hall–Kier alpha value is -2.43. The van der Waals surface area contributed by atoms with Crippen LogP contribution in [0.25, 0.3) is 0 Å². The number of halogens is 2. The number of hydrogen-bond donors (Lipinski definition) is 1. The lowest BCUT2D eigenvalue weighted by Gasteiger charge is -2.17. The second-order valence-corrected chi connectivity index (χ2v) is 4.95. The van der Waals surface area contributed by atoms with Crippen molar-refractivity contribution in [2.24, 2.45) is 0 Å². The van der Waals surface area contributed by atoms with Crippen LogP contribution in [-0.2, 0) is 4.79 Å². The van der Waals surface area contributed by atoms with Gasteiger partial charge in [0.05, 0.1) is 0 Å². The van der Waals surface area contributed by atoms with Gasteiger partial charge < -0.3 is 10.1 Å². The van der Waals surface area contributed by atoms with Crippen LogP contribution < -0.4 is 10.1 Å². The minimum Gasteiger partial charge on any atom is -0.481 e. The molecule has 2 aromatic rings. The minimum atomic E-state index is -1.01. The van der Waals surface area contributed by atoms with Crippen molar-refractivity contribution in [3.8, 4) is 5.75 Å². The Kier molecular flexibility index (Phi) is 5.09. The first-order chi connectivity index (χ1) is 10.5. The molecule has 22 heavy (non-hydrogen) atoms. The van der Waals surface area contributed by atoms with Crippen LogP contribution in [0, 0.1) is 18.6 Å². The van der Waals surface area contributed by atoms with Crippen LogP contribution in [0.2, 0.25) is 0 Å². The molecule has 3 nitrogen and oxygen atoms in total. The lowest BCUT2D eigenvalue weighted by molar-refractivity contribution is -0.122. The number of carbonyl (C=O) groups is 1. The van der Waals surface area contributed by atoms with E-state index in [1.54, 1.807) is 6.07 Å². The normalized spacial score (nSPS) is 11.8. The van der Waals surface area contributed by atoms with Gasteiger partial charge in [-0.15, -0.1) is 0 Å². The van der Waals surface area contributed by atoms with Crippen LogP contribution in [0.3, 0.4) is 0 Å². The average molecular weight is 305 g/mol. The third kappa shape index (κ3) is 4.04. The molecule has 0 aliphatic carbocycles. The van der Waals surface area contributed by atoms with E-state index in [1.165, 1.54) is 6.07 Å². The first-order valence-corrected chi connectivity index (χ1v) is 6.99. The fourth-order valence-electron chi connectivity index (χ4n) is 1.97. The Bertz CT molecular complexity index is 673. The van der Waals surface area contributed by atoms with E-state index in [0.29, 0.717) is 12.2 Å². The summed E-state index contributed by atoms with van der Waals surface area (Å²) in [6.45, 7) is 3.74. The molecular weight excluding hydrogens is 288 g/mol. The Morgan fingerprint density at radius 1 is 1.18 bits per heavy atom. The van der Waals surface area contributed by atoms with E-state index in [2.05, 4.69) is 5.32 Å². The van der Waals surface area contributed by atoms with Gasteiger partial charge in [0.2, 0.25) is 0 Å². The Labute approximate surface area is 127 Å². The zero-order valence-corrected chi connectivity index (χ0v) is 12.4. The van der Waals surface area contributed by atoms with Crippen LogP contribution in [0.4, 0.5) is 14.5 Å². The van der Waals surface area contributed by atoms with Gasteiger partial charge in [-0.25, -0.2) is 8.78 Å². The third-order valence-corrected chi connectivity index (χ3v) is 3.12. The van der Waals surface area contributed by atoms with Gasteiger partial charge in [0.15, 0.2) is 17.7 Å². The van der Waals surface area contributed by atoms with Crippen molar-refractivity contribution in [1.82, 2.24) is 0 Å². The maximum absolute atomic E-state index is 13.1. The summed E-state index contributed by atoms with van der Waals surface area (Å²) in [6, 6.07) is 10.6. The summed E-state index contributed by atoms with van der Waals surface area (Å²) in [6.07, 6.45) is -0.265. The lowest BCUT2D eigenvalue weighted by atomic mass is 10.2. The summed E-state index contributed by atoms with van der Waals surface area (Å²) in [4.78, 5) is 12.2. The predicted octanol–water partition coefficient (Wildman–Crippen LogP) is 4.07. The van der Waals surface area contributed by atoms with Crippen LogP contribution in [0.5, 0.6) is 5.75 Å². The van der Waals surface area contributed by atoms with Crippen molar-refractivity contribution in [2.75, 3.05) is 5.32 Å². The van der Waals surface area contributed by atoms with E-state index in [1.807, 2.05) is 32.0 Å². The number of hydrogen-bond acceptors (Lipinski definition) is 2. The van der Waals surface area contributed by atoms with Crippen LogP contribution in [0.1, 0.15) is 18.9 Å². The number of aryl methyl sites for hydroxylation is 1. The van der Waals surface area contributed by atoms with Crippen molar-refractivity contribution >= 4 is 11.6 Å². The maximum atomic E-state index is 13.1. The summed E-state index contributed by atoms with van der Waals surface area (Å²) in [5.74, 6) is -1.78. The molecule has 0 fully saturated rings. The smallest absolute Gasteiger partial charge is 0.265 e. The molecule has 0 aliphatic rings. The summed E-state index contributed by atoms with van der Waals surface area (Å²) in [7, 11) is 0. The molecule has 116 valence electrons. The molecule has 0 radical (unpaired) electrons. The molecule has 1 N–H and O–H groups in total.